The molecule has 0 spiro atoms. The second-order valence-corrected chi connectivity index (χ2v) is 5.21. The lowest BCUT2D eigenvalue weighted by Gasteiger charge is -2.24. The molecule has 0 aromatic heterocycles. The molecule has 1 atom stereocenters. The number of methoxy groups -OCH3 is 1. The molecule has 1 unspecified atom stereocenters. The topological polar surface area (TPSA) is 67.6 Å². The Balaban J connectivity index is 1.89. The van der Waals surface area contributed by atoms with Gasteiger partial charge in [0.2, 0.25) is 5.91 Å². The number of fused-ring (bicyclic) bond motifs is 1. The van der Waals surface area contributed by atoms with Crippen LogP contribution in [0, 0.1) is 0 Å². The summed E-state index contributed by atoms with van der Waals surface area (Å²) in [6, 6.07) is 3.99. The highest BCUT2D eigenvalue weighted by atomic mass is 16.5. The van der Waals surface area contributed by atoms with Gasteiger partial charge in [0, 0.05) is 32.3 Å². The molecule has 1 aromatic carbocycles. The van der Waals surface area contributed by atoms with Crippen LogP contribution in [0.25, 0.3) is 0 Å². The molecule has 0 aliphatic carbocycles. The number of nitrogen functional groups attached to an aromatic ring is 1. The van der Waals surface area contributed by atoms with Crippen LogP contribution in [0.1, 0.15) is 18.4 Å². The number of ether oxygens (including phenoxy) is 1. The molecule has 5 nitrogen and oxygen atoms in total. The first-order valence-electron chi connectivity index (χ1n) is 6.67. The average Bonchev–Trinajstić information content (AvgIpc) is 2.86. The second-order valence-electron chi connectivity index (χ2n) is 5.21. The molecule has 3 N–H and O–H groups in total. The fourth-order valence-corrected chi connectivity index (χ4v) is 2.85. The summed E-state index contributed by atoms with van der Waals surface area (Å²) < 4.78 is 5.39. The largest absolute Gasteiger partial charge is 0.397 e. The normalized spacial score (nSPS) is 22.3. The van der Waals surface area contributed by atoms with E-state index in [1.807, 2.05) is 6.07 Å². The molecule has 19 heavy (non-hydrogen) atoms. The monoisotopic (exact) mass is 261 g/mol. The number of nitrogens with one attached hydrogen (secondary N) is 1. The van der Waals surface area contributed by atoms with Gasteiger partial charge in [-0.05, 0) is 30.5 Å². The molecule has 1 fully saturated rings. The minimum atomic E-state index is 0.0697. The first-order valence-corrected chi connectivity index (χ1v) is 6.67. The van der Waals surface area contributed by atoms with Crippen LogP contribution in [0.3, 0.4) is 0 Å². The van der Waals surface area contributed by atoms with Crippen molar-refractivity contribution in [3.05, 3.63) is 17.7 Å². The van der Waals surface area contributed by atoms with Crippen LogP contribution >= 0.6 is 0 Å². The summed E-state index contributed by atoms with van der Waals surface area (Å²) in [6.07, 6.45) is 2.66. The first-order chi connectivity index (χ1) is 9.17. The maximum absolute atomic E-state index is 11.4. The summed E-state index contributed by atoms with van der Waals surface area (Å²) in [6.45, 7) is 1.85. The molecule has 5 heteroatoms. The van der Waals surface area contributed by atoms with Crippen molar-refractivity contribution in [1.82, 2.24) is 0 Å². The Morgan fingerprint density at radius 3 is 3.00 bits per heavy atom. The number of carbonyl (C=O) groups is 1. The molecule has 0 bridgehead atoms. The Labute approximate surface area is 112 Å². The summed E-state index contributed by atoms with van der Waals surface area (Å²) in [5.74, 6) is 0.0697. The van der Waals surface area contributed by atoms with Crippen molar-refractivity contribution in [3.8, 4) is 0 Å². The average molecular weight is 261 g/mol. The predicted octanol–water partition coefficient (Wildman–Crippen LogP) is 1.38. The van der Waals surface area contributed by atoms with Crippen molar-refractivity contribution < 1.29 is 9.53 Å². The molecule has 2 aliphatic rings. The van der Waals surface area contributed by atoms with Gasteiger partial charge in [0.1, 0.15) is 0 Å². The zero-order valence-electron chi connectivity index (χ0n) is 11.1. The number of hydrogen-bond donors (Lipinski definition) is 2. The SMILES string of the molecule is COC1CCN(c2cc3c(cc2N)NC(=O)CC3)C1. The zero-order chi connectivity index (χ0) is 13.4. The molecular formula is C14H19N3O2. The zero-order valence-corrected chi connectivity index (χ0v) is 11.1. The van der Waals surface area contributed by atoms with Crippen molar-refractivity contribution in [2.45, 2.75) is 25.4 Å². The highest BCUT2D eigenvalue weighted by molar-refractivity contribution is 5.95. The fourth-order valence-electron chi connectivity index (χ4n) is 2.85. The highest BCUT2D eigenvalue weighted by Crippen LogP contribution is 2.34. The Bertz CT molecular complexity index is 516. The Kier molecular flexibility index (Phi) is 3.06. The molecule has 0 saturated carbocycles. The van der Waals surface area contributed by atoms with Gasteiger partial charge in [0.05, 0.1) is 17.5 Å². The van der Waals surface area contributed by atoms with Crippen LogP contribution in [0.4, 0.5) is 17.1 Å². The van der Waals surface area contributed by atoms with Crippen LogP contribution in [-0.4, -0.2) is 32.2 Å². The lowest BCUT2D eigenvalue weighted by atomic mass is 10.0. The standard InChI is InChI=1S/C14H19N3O2/c1-19-10-4-5-17(8-10)13-6-9-2-3-14(18)16-12(9)7-11(13)15/h6-7,10H,2-5,8,15H2,1H3,(H,16,18). The summed E-state index contributed by atoms with van der Waals surface area (Å²) in [5.41, 5.74) is 9.94. The number of rotatable bonds is 2. The van der Waals surface area contributed by atoms with Crippen LogP contribution in [0.5, 0.6) is 0 Å². The predicted molar refractivity (Wildman–Crippen MR) is 75.4 cm³/mol. The summed E-state index contributed by atoms with van der Waals surface area (Å²) >= 11 is 0. The number of carbonyl (C=O) groups excluding carboxylic acids is 1. The minimum Gasteiger partial charge on any atom is -0.397 e. The summed E-state index contributed by atoms with van der Waals surface area (Å²) in [5, 5.41) is 2.88. The molecule has 3 rings (SSSR count). The van der Waals surface area contributed by atoms with E-state index in [4.69, 9.17) is 10.5 Å². The minimum absolute atomic E-state index is 0.0697. The third-order valence-electron chi connectivity index (χ3n) is 3.97. The van der Waals surface area contributed by atoms with E-state index in [1.165, 1.54) is 5.56 Å². The van der Waals surface area contributed by atoms with Crippen molar-refractivity contribution in [3.63, 3.8) is 0 Å². The maximum atomic E-state index is 11.4. The molecule has 1 saturated heterocycles. The molecule has 2 aliphatic heterocycles. The molecule has 102 valence electrons. The van der Waals surface area contributed by atoms with Crippen LogP contribution < -0.4 is 16.0 Å². The maximum Gasteiger partial charge on any atom is 0.224 e. The van der Waals surface area contributed by atoms with Crippen LogP contribution in [0.15, 0.2) is 12.1 Å². The van der Waals surface area contributed by atoms with Gasteiger partial charge in [0.25, 0.3) is 0 Å². The number of nitrogens with zero attached hydrogens (tertiary/aromatic N) is 1. The van der Waals surface area contributed by atoms with Crippen LogP contribution in [0.2, 0.25) is 0 Å². The third kappa shape index (κ3) is 2.26. The van der Waals surface area contributed by atoms with E-state index in [9.17, 15) is 4.79 Å². The van der Waals surface area contributed by atoms with E-state index in [2.05, 4.69) is 16.3 Å². The lowest BCUT2D eigenvalue weighted by molar-refractivity contribution is -0.116. The summed E-state index contributed by atoms with van der Waals surface area (Å²) in [4.78, 5) is 13.6. The molecule has 1 amide bonds. The van der Waals surface area contributed by atoms with E-state index in [1.54, 1.807) is 7.11 Å². The first kappa shape index (κ1) is 12.3. The quantitative estimate of drug-likeness (QED) is 0.789. The van der Waals surface area contributed by atoms with Gasteiger partial charge in [-0.1, -0.05) is 0 Å². The van der Waals surface area contributed by atoms with Crippen LogP contribution in [-0.2, 0) is 16.0 Å². The number of benzene rings is 1. The van der Waals surface area contributed by atoms with E-state index in [0.29, 0.717) is 6.42 Å². The number of anilines is 3. The van der Waals surface area contributed by atoms with Gasteiger partial charge in [-0.25, -0.2) is 0 Å². The van der Waals surface area contributed by atoms with E-state index >= 15 is 0 Å². The molecule has 1 aromatic rings. The van der Waals surface area contributed by atoms with Crippen molar-refractivity contribution in [2.24, 2.45) is 0 Å². The Morgan fingerprint density at radius 2 is 2.26 bits per heavy atom. The van der Waals surface area contributed by atoms with Crippen molar-refractivity contribution in [1.29, 1.82) is 0 Å². The second kappa shape index (κ2) is 4.74. The Hall–Kier alpha value is -1.75. The van der Waals surface area contributed by atoms with Gasteiger partial charge in [-0.2, -0.15) is 0 Å². The number of amides is 1. The fraction of sp³-hybridized carbons (Fsp3) is 0.500. The number of aryl methyl sites for hydroxylation is 1. The van der Waals surface area contributed by atoms with Gasteiger partial charge < -0.3 is 20.7 Å². The van der Waals surface area contributed by atoms with Crippen molar-refractivity contribution in [2.75, 3.05) is 36.1 Å². The lowest BCUT2D eigenvalue weighted by Crippen LogP contribution is -2.24. The molecule has 0 radical (unpaired) electrons. The third-order valence-corrected chi connectivity index (χ3v) is 3.97. The highest BCUT2D eigenvalue weighted by Gasteiger charge is 2.25. The van der Waals surface area contributed by atoms with Gasteiger partial charge in [0.15, 0.2) is 0 Å². The number of nitrogens with two attached hydrogens (primary N) is 1. The van der Waals surface area contributed by atoms with E-state index in [0.717, 1.165) is 43.0 Å². The van der Waals surface area contributed by atoms with E-state index in [-0.39, 0.29) is 12.0 Å². The van der Waals surface area contributed by atoms with Gasteiger partial charge in [-0.3, -0.25) is 4.79 Å². The van der Waals surface area contributed by atoms with Gasteiger partial charge >= 0.3 is 0 Å². The number of hydrogen-bond acceptors (Lipinski definition) is 4. The van der Waals surface area contributed by atoms with E-state index < -0.39 is 0 Å². The summed E-state index contributed by atoms with van der Waals surface area (Å²) in [7, 11) is 1.75. The molecule has 2 heterocycles. The Morgan fingerprint density at radius 1 is 1.42 bits per heavy atom. The smallest absolute Gasteiger partial charge is 0.224 e. The van der Waals surface area contributed by atoms with Gasteiger partial charge in [-0.15, -0.1) is 0 Å². The van der Waals surface area contributed by atoms with Crippen molar-refractivity contribution >= 4 is 23.0 Å². The molecular weight excluding hydrogens is 242 g/mol.